The van der Waals surface area contributed by atoms with E-state index in [4.69, 9.17) is 4.74 Å². The Morgan fingerprint density at radius 1 is 0.769 bits per heavy atom. The van der Waals surface area contributed by atoms with Gasteiger partial charge in [0.05, 0.1) is 0 Å². The summed E-state index contributed by atoms with van der Waals surface area (Å²) in [5.74, 6) is -1.40. The van der Waals surface area contributed by atoms with Crippen molar-refractivity contribution in [2.75, 3.05) is 0 Å². The number of rotatable bonds is 11. The number of hydrogen-bond acceptors (Lipinski definition) is 5. The van der Waals surface area contributed by atoms with Crippen LogP contribution in [0.4, 0.5) is 0 Å². The summed E-state index contributed by atoms with van der Waals surface area (Å²) in [5.41, 5.74) is 1.99. The molecule has 0 saturated heterocycles. The maximum absolute atomic E-state index is 13.3. The summed E-state index contributed by atoms with van der Waals surface area (Å²) in [4.78, 5) is 43.9. The predicted molar refractivity (Wildman–Crippen MR) is 153 cm³/mol. The molecule has 2 amide bonds. The fourth-order valence-electron chi connectivity index (χ4n) is 3.85. The van der Waals surface area contributed by atoms with Crippen LogP contribution in [0.15, 0.2) is 96.0 Å². The van der Waals surface area contributed by atoms with Crippen molar-refractivity contribution in [1.82, 2.24) is 10.6 Å². The summed E-state index contributed by atoms with van der Waals surface area (Å²) in [6, 6.07) is 26.0. The van der Waals surface area contributed by atoms with E-state index in [1.165, 1.54) is 0 Å². The van der Waals surface area contributed by atoms with E-state index in [2.05, 4.69) is 15.6 Å². The Balaban J connectivity index is 1.71. The zero-order valence-corrected chi connectivity index (χ0v) is 23.0. The molecule has 3 rings (SSSR count). The van der Waals surface area contributed by atoms with Crippen molar-refractivity contribution in [3.05, 3.63) is 108 Å². The number of aliphatic imine (C=N–C) groups is 1. The van der Waals surface area contributed by atoms with Crippen molar-refractivity contribution in [1.29, 1.82) is 0 Å². The van der Waals surface area contributed by atoms with E-state index in [-0.39, 0.29) is 12.3 Å². The maximum atomic E-state index is 13.3. The average Bonchev–Trinajstić information content (AvgIpc) is 2.91. The highest BCUT2D eigenvalue weighted by atomic mass is 16.6. The topological polar surface area (TPSA) is 96.9 Å². The van der Waals surface area contributed by atoms with Crippen molar-refractivity contribution < 1.29 is 19.1 Å². The quantitative estimate of drug-likeness (QED) is 0.287. The SMILES string of the molecule is C[C@H](NC(=O)[C@H](Cc1ccccc1)N=Cc1ccccc1)C(=O)N[C@@H](Cc1ccccc1)C(=O)OC(C)(C)C. The number of carbonyl (C=O) groups excluding carboxylic acids is 3. The Hall–Kier alpha value is -4.26. The Bertz CT molecular complexity index is 1240. The highest BCUT2D eigenvalue weighted by Gasteiger charge is 2.29. The number of amides is 2. The largest absolute Gasteiger partial charge is 0.458 e. The van der Waals surface area contributed by atoms with Gasteiger partial charge in [0.1, 0.15) is 23.7 Å². The molecule has 7 heteroatoms. The summed E-state index contributed by atoms with van der Waals surface area (Å²) in [6.07, 6.45) is 2.30. The van der Waals surface area contributed by atoms with Gasteiger partial charge in [-0.3, -0.25) is 14.6 Å². The van der Waals surface area contributed by atoms with Crippen molar-refractivity contribution in [2.24, 2.45) is 4.99 Å². The molecule has 3 aromatic carbocycles. The summed E-state index contributed by atoms with van der Waals surface area (Å²) in [5, 5.41) is 5.55. The zero-order chi connectivity index (χ0) is 28.3. The van der Waals surface area contributed by atoms with Crippen LogP contribution in [-0.4, -0.2) is 47.7 Å². The lowest BCUT2D eigenvalue weighted by Gasteiger charge is -2.26. The number of nitrogens with zero attached hydrogens (tertiary/aromatic N) is 1. The predicted octanol–water partition coefficient (Wildman–Crippen LogP) is 4.29. The lowest BCUT2D eigenvalue weighted by atomic mass is 10.0. The van der Waals surface area contributed by atoms with Gasteiger partial charge in [0.25, 0.3) is 0 Å². The molecule has 0 aliphatic rings. The Kier molecular flexibility index (Phi) is 10.6. The van der Waals surface area contributed by atoms with E-state index in [0.717, 1.165) is 16.7 Å². The fraction of sp³-hybridized carbons (Fsp3) is 0.312. The second kappa shape index (κ2) is 14.0. The van der Waals surface area contributed by atoms with E-state index in [1.807, 2.05) is 91.0 Å². The number of ether oxygens (including phenoxy) is 1. The van der Waals surface area contributed by atoms with Crippen LogP contribution in [0, 0.1) is 0 Å². The summed E-state index contributed by atoms with van der Waals surface area (Å²) in [7, 11) is 0. The first kappa shape index (κ1) is 29.3. The standard InChI is InChI=1S/C32H37N3O4/c1-23(29(36)35-28(31(38)39-32(2,3)4)21-25-16-10-6-11-17-25)34-30(37)27(20-24-14-8-5-9-15-24)33-22-26-18-12-7-13-19-26/h5-19,22-23,27-28H,20-21H2,1-4H3,(H,34,37)(H,35,36)/t23-,27-,28-/m0/s1. The van der Waals surface area contributed by atoms with E-state index in [0.29, 0.717) is 6.42 Å². The second-order valence-electron chi connectivity index (χ2n) is 10.4. The molecule has 0 radical (unpaired) electrons. The second-order valence-corrected chi connectivity index (χ2v) is 10.4. The molecule has 204 valence electrons. The number of carbonyl (C=O) groups is 3. The lowest BCUT2D eigenvalue weighted by Crippen LogP contribution is -2.53. The molecule has 3 atom stereocenters. The van der Waals surface area contributed by atoms with Crippen LogP contribution in [0.2, 0.25) is 0 Å². The van der Waals surface area contributed by atoms with Gasteiger partial charge in [0.2, 0.25) is 11.8 Å². The van der Waals surface area contributed by atoms with Crippen LogP contribution in [-0.2, 0) is 32.0 Å². The van der Waals surface area contributed by atoms with Gasteiger partial charge in [-0.25, -0.2) is 4.79 Å². The Morgan fingerprint density at radius 3 is 1.82 bits per heavy atom. The number of benzene rings is 3. The van der Waals surface area contributed by atoms with Gasteiger partial charge in [-0.1, -0.05) is 91.0 Å². The van der Waals surface area contributed by atoms with Gasteiger partial charge in [0, 0.05) is 19.1 Å². The van der Waals surface area contributed by atoms with Gasteiger partial charge in [-0.15, -0.1) is 0 Å². The maximum Gasteiger partial charge on any atom is 0.329 e. The van der Waals surface area contributed by atoms with Gasteiger partial charge < -0.3 is 15.4 Å². The number of esters is 1. The molecule has 0 fully saturated rings. The normalized spacial score (nSPS) is 13.7. The minimum Gasteiger partial charge on any atom is -0.458 e. The van der Waals surface area contributed by atoms with Crippen LogP contribution < -0.4 is 10.6 Å². The van der Waals surface area contributed by atoms with E-state index < -0.39 is 35.6 Å². The van der Waals surface area contributed by atoms with E-state index in [1.54, 1.807) is 33.9 Å². The minimum atomic E-state index is -0.908. The van der Waals surface area contributed by atoms with Crippen LogP contribution in [0.25, 0.3) is 0 Å². The van der Waals surface area contributed by atoms with E-state index >= 15 is 0 Å². The average molecular weight is 528 g/mol. The fourth-order valence-corrected chi connectivity index (χ4v) is 3.85. The molecular weight excluding hydrogens is 490 g/mol. The lowest BCUT2D eigenvalue weighted by molar-refractivity contribution is -0.158. The zero-order valence-electron chi connectivity index (χ0n) is 23.0. The third kappa shape index (κ3) is 10.2. The first-order valence-corrected chi connectivity index (χ1v) is 13.1. The summed E-state index contributed by atoms with van der Waals surface area (Å²) in [6.45, 7) is 6.91. The highest BCUT2D eigenvalue weighted by molar-refractivity contribution is 5.93. The first-order chi connectivity index (χ1) is 18.6. The molecule has 0 heterocycles. The van der Waals surface area contributed by atoms with Crippen molar-refractivity contribution in [2.45, 2.75) is 64.3 Å². The van der Waals surface area contributed by atoms with Crippen molar-refractivity contribution in [3.63, 3.8) is 0 Å². The summed E-state index contributed by atoms with van der Waals surface area (Å²) < 4.78 is 5.55. The van der Waals surface area contributed by atoms with Gasteiger partial charge in [-0.05, 0) is 44.4 Å². The monoisotopic (exact) mass is 527 g/mol. The number of hydrogen-bond donors (Lipinski definition) is 2. The molecule has 39 heavy (non-hydrogen) atoms. The molecule has 0 aliphatic heterocycles. The van der Waals surface area contributed by atoms with Crippen LogP contribution in [0.5, 0.6) is 0 Å². The molecule has 0 saturated carbocycles. The molecular formula is C32H37N3O4. The van der Waals surface area contributed by atoms with Crippen LogP contribution >= 0.6 is 0 Å². The van der Waals surface area contributed by atoms with Gasteiger partial charge in [0.15, 0.2) is 0 Å². The first-order valence-electron chi connectivity index (χ1n) is 13.1. The van der Waals surface area contributed by atoms with Crippen LogP contribution in [0.1, 0.15) is 44.4 Å². The smallest absolute Gasteiger partial charge is 0.329 e. The summed E-state index contributed by atoms with van der Waals surface area (Å²) >= 11 is 0. The molecule has 0 bridgehead atoms. The molecule has 0 spiro atoms. The van der Waals surface area contributed by atoms with Gasteiger partial charge in [-0.2, -0.15) is 0 Å². The minimum absolute atomic E-state index is 0.264. The third-order valence-electron chi connectivity index (χ3n) is 5.82. The van der Waals surface area contributed by atoms with Crippen molar-refractivity contribution >= 4 is 24.0 Å². The molecule has 0 aliphatic carbocycles. The molecule has 3 aromatic rings. The highest BCUT2D eigenvalue weighted by Crippen LogP contribution is 2.12. The molecule has 0 unspecified atom stereocenters. The third-order valence-corrected chi connectivity index (χ3v) is 5.82. The Labute approximate surface area is 230 Å². The molecule has 0 aromatic heterocycles. The molecule has 2 N–H and O–H groups in total. The Morgan fingerprint density at radius 2 is 1.28 bits per heavy atom. The molecule has 7 nitrogen and oxygen atoms in total. The van der Waals surface area contributed by atoms with E-state index in [9.17, 15) is 14.4 Å². The number of nitrogens with one attached hydrogen (secondary N) is 2. The van der Waals surface area contributed by atoms with Gasteiger partial charge >= 0.3 is 5.97 Å². The van der Waals surface area contributed by atoms with Crippen molar-refractivity contribution in [3.8, 4) is 0 Å². The van der Waals surface area contributed by atoms with Crippen LogP contribution in [0.3, 0.4) is 0 Å².